The summed E-state index contributed by atoms with van der Waals surface area (Å²) in [5, 5.41) is 6.87. The molecule has 132 valence electrons. The first-order valence-corrected chi connectivity index (χ1v) is 9.08. The Kier molecular flexibility index (Phi) is 5.86. The van der Waals surface area contributed by atoms with Crippen LogP contribution in [0.2, 0.25) is 0 Å². The maximum atomic E-state index is 12.1. The molecule has 0 aliphatic heterocycles. The average Bonchev–Trinajstić information content (AvgIpc) is 3.11. The van der Waals surface area contributed by atoms with E-state index in [0.717, 1.165) is 33.5 Å². The number of anilines is 1. The van der Waals surface area contributed by atoms with E-state index in [0.29, 0.717) is 0 Å². The highest BCUT2D eigenvalue weighted by molar-refractivity contribution is 9.10. The Hall–Kier alpha value is -2.86. The number of carbonyl (C=O) groups is 1. The predicted molar refractivity (Wildman–Crippen MR) is 109 cm³/mol. The number of nitrogens with zero attached hydrogens (tertiary/aromatic N) is 2. The lowest BCUT2D eigenvalue weighted by atomic mass is 10.1. The SMILES string of the molecule is CCc1ccccc1NC(=O)N/N=C/c1cccn1-c1ccc(Br)cc1. The lowest BCUT2D eigenvalue weighted by molar-refractivity contribution is 0.252. The minimum absolute atomic E-state index is 0.371. The summed E-state index contributed by atoms with van der Waals surface area (Å²) in [6.45, 7) is 2.05. The Morgan fingerprint density at radius 3 is 2.65 bits per heavy atom. The van der Waals surface area contributed by atoms with Crippen molar-refractivity contribution >= 4 is 33.9 Å². The van der Waals surface area contributed by atoms with E-state index in [1.165, 1.54) is 0 Å². The molecule has 0 bridgehead atoms. The number of aryl methyl sites for hydroxylation is 1. The van der Waals surface area contributed by atoms with Crippen molar-refractivity contribution in [1.29, 1.82) is 0 Å². The van der Waals surface area contributed by atoms with Gasteiger partial charge in [0, 0.05) is 22.0 Å². The van der Waals surface area contributed by atoms with Crippen LogP contribution in [0.25, 0.3) is 5.69 Å². The molecule has 0 saturated carbocycles. The van der Waals surface area contributed by atoms with Crippen LogP contribution in [0.4, 0.5) is 10.5 Å². The van der Waals surface area contributed by atoms with E-state index in [9.17, 15) is 4.79 Å². The summed E-state index contributed by atoms with van der Waals surface area (Å²) in [7, 11) is 0. The number of aromatic nitrogens is 1. The van der Waals surface area contributed by atoms with Crippen LogP contribution in [0.3, 0.4) is 0 Å². The molecule has 3 aromatic rings. The molecule has 0 aliphatic rings. The zero-order chi connectivity index (χ0) is 18.4. The van der Waals surface area contributed by atoms with Crippen LogP contribution in [-0.2, 0) is 6.42 Å². The third kappa shape index (κ3) is 4.40. The molecular weight excluding hydrogens is 392 g/mol. The summed E-state index contributed by atoms with van der Waals surface area (Å²) in [5.74, 6) is 0. The molecule has 0 fully saturated rings. The van der Waals surface area contributed by atoms with Gasteiger partial charge in [-0.05, 0) is 54.4 Å². The highest BCUT2D eigenvalue weighted by Gasteiger charge is 2.04. The van der Waals surface area contributed by atoms with Crippen molar-refractivity contribution in [2.75, 3.05) is 5.32 Å². The van der Waals surface area contributed by atoms with Crippen LogP contribution in [-0.4, -0.2) is 16.8 Å². The van der Waals surface area contributed by atoms with Gasteiger partial charge in [-0.1, -0.05) is 41.1 Å². The number of carbonyl (C=O) groups excluding carboxylic acids is 1. The number of nitrogens with one attached hydrogen (secondary N) is 2. The highest BCUT2D eigenvalue weighted by atomic mass is 79.9. The molecule has 0 radical (unpaired) electrons. The van der Waals surface area contributed by atoms with Gasteiger partial charge in [0.2, 0.25) is 0 Å². The van der Waals surface area contributed by atoms with E-state index in [2.05, 4.69) is 31.8 Å². The summed E-state index contributed by atoms with van der Waals surface area (Å²) in [4.78, 5) is 12.1. The normalized spacial score (nSPS) is 10.8. The Morgan fingerprint density at radius 2 is 1.88 bits per heavy atom. The second kappa shape index (κ2) is 8.49. The quantitative estimate of drug-likeness (QED) is 0.453. The number of urea groups is 1. The molecule has 2 amide bonds. The molecule has 2 aromatic carbocycles. The predicted octanol–water partition coefficient (Wildman–Crippen LogP) is 4.96. The molecule has 3 rings (SSSR count). The first kappa shape index (κ1) is 17.9. The van der Waals surface area contributed by atoms with Crippen molar-refractivity contribution in [3.05, 3.63) is 82.6 Å². The minimum Gasteiger partial charge on any atom is -0.316 e. The number of hydrogen-bond donors (Lipinski definition) is 2. The van der Waals surface area contributed by atoms with E-state index in [1.807, 2.05) is 78.4 Å². The summed E-state index contributed by atoms with van der Waals surface area (Å²) in [6, 6.07) is 19.2. The summed E-state index contributed by atoms with van der Waals surface area (Å²) >= 11 is 3.43. The maximum absolute atomic E-state index is 12.1. The van der Waals surface area contributed by atoms with Crippen LogP contribution in [0.1, 0.15) is 18.2 Å². The van der Waals surface area contributed by atoms with Gasteiger partial charge in [-0.2, -0.15) is 5.10 Å². The third-order valence-corrected chi connectivity index (χ3v) is 4.42. The van der Waals surface area contributed by atoms with E-state index in [1.54, 1.807) is 6.21 Å². The van der Waals surface area contributed by atoms with Gasteiger partial charge in [-0.3, -0.25) is 0 Å². The lowest BCUT2D eigenvalue weighted by Crippen LogP contribution is -2.24. The smallest absolute Gasteiger partial charge is 0.316 e. The molecule has 5 nitrogen and oxygen atoms in total. The van der Waals surface area contributed by atoms with Crippen molar-refractivity contribution in [1.82, 2.24) is 9.99 Å². The van der Waals surface area contributed by atoms with Crippen LogP contribution < -0.4 is 10.7 Å². The lowest BCUT2D eigenvalue weighted by Gasteiger charge is -2.09. The number of para-hydroxylation sites is 1. The van der Waals surface area contributed by atoms with Crippen molar-refractivity contribution < 1.29 is 4.79 Å². The van der Waals surface area contributed by atoms with Crippen LogP contribution in [0.5, 0.6) is 0 Å². The van der Waals surface area contributed by atoms with Crippen LogP contribution in [0, 0.1) is 0 Å². The molecule has 0 saturated heterocycles. The Labute approximate surface area is 160 Å². The van der Waals surface area contributed by atoms with Crippen molar-refractivity contribution in [2.45, 2.75) is 13.3 Å². The van der Waals surface area contributed by atoms with E-state index in [4.69, 9.17) is 0 Å². The van der Waals surface area contributed by atoms with Gasteiger partial charge in [0.05, 0.1) is 11.9 Å². The molecule has 0 spiro atoms. The fourth-order valence-electron chi connectivity index (χ4n) is 2.59. The van der Waals surface area contributed by atoms with Crippen LogP contribution in [0.15, 0.2) is 76.4 Å². The number of halogens is 1. The number of hydrogen-bond acceptors (Lipinski definition) is 2. The van der Waals surface area contributed by atoms with Gasteiger partial charge >= 0.3 is 6.03 Å². The zero-order valence-electron chi connectivity index (χ0n) is 14.3. The Morgan fingerprint density at radius 1 is 1.12 bits per heavy atom. The van der Waals surface area contributed by atoms with Gasteiger partial charge in [0.15, 0.2) is 0 Å². The molecule has 0 atom stereocenters. The largest absolute Gasteiger partial charge is 0.339 e. The zero-order valence-corrected chi connectivity index (χ0v) is 15.9. The number of benzene rings is 2. The summed E-state index contributed by atoms with van der Waals surface area (Å²) in [6.07, 6.45) is 4.41. The topological polar surface area (TPSA) is 58.4 Å². The van der Waals surface area contributed by atoms with E-state index < -0.39 is 0 Å². The monoisotopic (exact) mass is 410 g/mol. The fourth-order valence-corrected chi connectivity index (χ4v) is 2.86. The highest BCUT2D eigenvalue weighted by Crippen LogP contribution is 2.16. The molecule has 1 heterocycles. The van der Waals surface area contributed by atoms with Crippen molar-refractivity contribution in [2.24, 2.45) is 5.10 Å². The van der Waals surface area contributed by atoms with E-state index >= 15 is 0 Å². The number of rotatable bonds is 5. The molecular formula is C20H19BrN4O. The molecule has 0 aliphatic carbocycles. The van der Waals surface area contributed by atoms with Crippen molar-refractivity contribution in [3.63, 3.8) is 0 Å². The molecule has 1 aromatic heterocycles. The molecule has 2 N–H and O–H groups in total. The maximum Gasteiger partial charge on any atom is 0.339 e. The third-order valence-electron chi connectivity index (χ3n) is 3.89. The minimum atomic E-state index is -0.371. The van der Waals surface area contributed by atoms with Gasteiger partial charge in [0.25, 0.3) is 0 Å². The standard InChI is InChI=1S/C20H19BrN4O/c1-2-15-6-3-4-8-19(15)23-20(26)24-22-14-18-7-5-13-25(18)17-11-9-16(21)10-12-17/h3-14H,2H2,1H3,(H2,23,24,26)/b22-14+. The first-order chi connectivity index (χ1) is 12.7. The van der Waals surface area contributed by atoms with Gasteiger partial charge in [-0.25, -0.2) is 10.2 Å². The van der Waals surface area contributed by atoms with Crippen LogP contribution >= 0.6 is 15.9 Å². The second-order valence-corrected chi connectivity index (χ2v) is 6.53. The summed E-state index contributed by atoms with van der Waals surface area (Å²) in [5.41, 5.74) is 6.26. The molecule has 6 heteroatoms. The van der Waals surface area contributed by atoms with Gasteiger partial charge in [-0.15, -0.1) is 0 Å². The number of hydrazone groups is 1. The van der Waals surface area contributed by atoms with Crippen molar-refractivity contribution in [3.8, 4) is 5.69 Å². The van der Waals surface area contributed by atoms with Gasteiger partial charge in [0.1, 0.15) is 0 Å². The average molecular weight is 411 g/mol. The van der Waals surface area contributed by atoms with Gasteiger partial charge < -0.3 is 9.88 Å². The fraction of sp³-hybridized carbons (Fsp3) is 0.100. The second-order valence-electron chi connectivity index (χ2n) is 5.61. The summed E-state index contributed by atoms with van der Waals surface area (Å²) < 4.78 is 3.01. The molecule has 0 unspecified atom stereocenters. The number of amides is 2. The molecule has 26 heavy (non-hydrogen) atoms. The van der Waals surface area contributed by atoms with E-state index in [-0.39, 0.29) is 6.03 Å². The Balaban J connectivity index is 1.65. The Bertz CT molecular complexity index is 916. The first-order valence-electron chi connectivity index (χ1n) is 8.28.